The van der Waals surface area contributed by atoms with Crippen LogP contribution in [0.3, 0.4) is 0 Å². The van der Waals surface area contributed by atoms with Crippen molar-refractivity contribution >= 4 is 28.9 Å². The van der Waals surface area contributed by atoms with Crippen molar-refractivity contribution in [1.29, 1.82) is 0 Å². The Bertz CT molecular complexity index is 1390. The molecule has 7 nitrogen and oxygen atoms in total. The van der Waals surface area contributed by atoms with Crippen molar-refractivity contribution in [2.24, 2.45) is 0 Å². The molecule has 0 radical (unpaired) electrons. The Morgan fingerprint density at radius 1 is 1.03 bits per heavy atom. The van der Waals surface area contributed by atoms with E-state index >= 15 is 0 Å². The molecule has 0 unspecified atom stereocenters. The van der Waals surface area contributed by atoms with Crippen molar-refractivity contribution in [3.05, 3.63) is 114 Å². The minimum absolute atomic E-state index is 0.0413. The zero-order valence-corrected chi connectivity index (χ0v) is 21.8. The van der Waals surface area contributed by atoms with Crippen LogP contribution in [0.5, 0.6) is 0 Å². The third-order valence-corrected chi connectivity index (χ3v) is 7.02. The summed E-state index contributed by atoms with van der Waals surface area (Å²) in [5.74, 6) is -0.0413. The Kier molecular flexibility index (Phi) is 7.28. The van der Waals surface area contributed by atoms with E-state index in [1.54, 1.807) is 6.20 Å². The summed E-state index contributed by atoms with van der Waals surface area (Å²) in [6.07, 6.45) is 5.97. The smallest absolute Gasteiger partial charge is 0.226 e. The van der Waals surface area contributed by atoms with E-state index in [0.717, 1.165) is 33.9 Å². The fraction of sp³-hybridized carbons (Fsp3) is 0.241. The van der Waals surface area contributed by atoms with E-state index in [1.165, 1.54) is 0 Å². The van der Waals surface area contributed by atoms with Gasteiger partial charge in [0.15, 0.2) is 5.11 Å². The Balaban J connectivity index is 1.40. The molecule has 188 valence electrons. The van der Waals surface area contributed by atoms with Crippen LogP contribution in [0.2, 0.25) is 0 Å². The van der Waals surface area contributed by atoms with E-state index in [0.29, 0.717) is 24.6 Å². The SMILES string of the molecule is Cc1ccc(C)c(NC(=O)CCN2C(=S)N[C@@H](c3ccccn3)[C@H]2c2cccn2Cc2ccccn2)c1. The Morgan fingerprint density at radius 2 is 1.84 bits per heavy atom. The van der Waals surface area contributed by atoms with Gasteiger partial charge in [0.05, 0.1) is 30.0 Å². The second-order valence-electron chi connectivity index (χ2n) is 9.32. The number of rotatable bonds is 8. The highest BCUT2D eigenvalue weighted by Gasteiger charge is 2.41. The summed E-state index contributed by atoms with van der Waals surface area (Å²) in [5.41, 5.74) is 5.96. The van der Waals surface area contributed by atoms with Gasteiger partial charge in [0.25, 0.3) is 0 Å². The van der Waals surface area contributed by atoms with Gasteiger partial charge in [-0.1, -0.05) is 24.3 Å². The number of hydrogen-bond acceptors (Lipinski definition) is 4. The van der Waals surface area contributed by atoms with Crippen molar-refractivity contribution in [3.63, 3.8) is 0 Å². The molecule has 1 aliphatic rings. The maximum Gasteiger partial charge on any atom is 0.226 e. The van der Waals surface area contributed by atoms with Crippen LogP contribution in [-0.2, 0) is 11.3 Å². The molecule has 0 spiro atoms. The van der Waals surface area contributed by atoms with Crippen molar-refractivity contribution in [3.8, 4) is 0 Å². The molecular weight excluding hydrogens is 480 g/mol. The standard InChI is InChI=1S/C29H30N6OS/c1-20-11-12-21(2)24(18-20)32-26(36)13-17-35-28(27(33-29(35)37)23-9-4-6-15-31-23)25-10-7-16-34(25)19-22-8-3-5-14-30-22/h3-12,14-16,18,27-28H,13,17,19H2,1-2H3,(H,32,36)(H,33,37)/t27-,28+/m0/s1. The topological polar surface area (TPSA) is 75.1 Å². The Labute approximate surface area is 222 Å². The van der Waals surface area contributed by atoms with E-state index in [1.807, 2.05) is 80.7 Å². The second kappa shape index (κ2) is 10.9. The summed E-state index contributed by atoms with van der Waals surface area (Å²) in [4.78, 5) is 24.2. The third kappa shape index (κ3) is 5.54. The van der Waals surface area contributed by atoms with Crippen LogP contribution in [0.25, 0.3) is 0 Å². The van der Waals surface area contributed by atoms with Crippen LogP contribution < -0.4 is 10.6 Å². The molecule has 5 rings (SSSR count). The van der Waals surface area contributed by atoms with Gasteiger partial charge in [-0.3, -0.25) is 14.8 Å². The summed E-state index contributed by atoms with van der Waals surface area (Å²) in [5, 5.41) is 7.16. The van der Waals surface area contributed by atoms with Crippen molar-refractivity contribution in [2.45, 2.75) is 38.9 Å². The molecule has 3 aromatic heterocycles. The van der Waals surface area contributed by atoms with Gasteiger partial charge in [0.2, 0.25) is 5.91 Å². The number of amides is 1. The van der Waals surface area contributed by atoms with Crippen LogP contribution in [-0.4, -0.2) is 37.0 Å². The lowest BCUT2D eigenvalue weighted by molar-refractivity contribution is -0.116. The van der Waals surface area contributed by atoms with Gasteiger partial charge in [-0.25, -0.2) is 0 Å². The predicted molar refractivity (Wildman–Crippen MR) is 149 cm³/mol. The zero-order valence-electron chi connectivity index (χ0n) is 21.0. The molecule has 8 heteroatoms. The van der Waals surface area contributed by atoms with Crippen molar-refractivity contribution in [1.82, 2.24) is 24.8 Å². The van der Waals surface area contributed by atoms with Gasteiger partial charge < -0.3 is 20.1 Å². The maximum atomic E-state index is 13.0. The Morgan fingerprint density at radius 3 is 2.59 bits per heavy atom. The number of carbonyl (C=O) groups excluding carboxylic acids is 1. The highest BCUT2D eigenvalue weighted by molar-refractivity contribution is 7.80. The molecule has 1 aliphatic heterocycles. The minimum Gasteiger partial charge on any atom is -0.352 e. The second-order valence-corrected chi connectivity index (χ2v) is 9.71. The Hall–Kier alpha value is -4.04. The fourth-order valence-electron chi connectivity index (χ4n) is 4.78. The molecule has 0 bridgehead atoms. The van der Waals surface area contributed by atoms with Gasteiger partial charge in [-0.15, -0.1) is 0 Å². The highest BCUT2D eigenvalue weighted by atomic mass is 32.1. The zero-order chi connectivity index (χ0) is 25.8. The first kappa shape index (κ1) is 24.6. The van der Waals surface area contributed by atoms with Gasteiger partial charge in [-0.2, -0.15) is 0 Å². The largest absolute Gasteiger partial charge is 0.352 e. The number of anilines is 1. The average molecular weight is 511 g/mol. The maximum absolute atomic E-state index is 13.0. The lowest BCUT2D eigenvalue weighted by Crippen LogP contribution is -2.33. The predicted octanol–water partition coefficient (Wildman–Crippen LogP) is 4.94. The van der Waals surface area contributed by atoms with Crippen LogP contribution in [0, 0.1) is 13.8 Å². The van der Waals surface area contributed by atoms with Gasteiger partial charge >= 0.3 is 0 Å². The number of hydrogen-bond donors (Lipinski definition) is 2. The third-order valence-electron chi connectivity index (χ3n) is 6.67. The molecule has 2 N–H and O–H groups in total. The molecule has 1 saturated heterocycles. The summed E-state index contributed by atoms with van der Waals surface area (Å²) in [7, 11) is 0. The normalized spacial score (nSPS) is 17.0. The first-order chi connectivity index (χ1) is 18.0. The quantitative estimate of drug-likeness (QED) is 0.327. The molecule has 37 heavy (non-hydrogen) atoms. The number of aromatic nitrogens is 3. The van der Waals surface area contributed by atoms with Gasteiger partial charge in [0.1, 0.15) is 0 Å². The minimum atomic E-state index is -0.145. The lowest BCUT2D eigenvalue weighted by atomic mass is 10.0. The number of nitrogens with zero attached hydrogens (tertiary/aromatic N) is 4. The first-order valence-corrected chi connectivity index (χ1v) is 12.8. The molecular formula is C29H30N6OS. The summed E-state index contributed by atoms with van der Waals surface area (Å²) in [6, 6.07) is 21.8. The molecule has 0 saturated carbocycles. The number of nitrogens with one attached hydrogen (secondary N) is 2. The molecule has 4 heterocycles. The van der Waals surface area contributed by atoms with E-state index in [2.05, 4.69) is 42.3 Å². The number of aryl methyl sites for hydroxylation is 2. The van der Waals surface area contributed by atoms with Crippen LogP contribution in [0.4, 0.5) is 5.69 Å². The fourth-order valence-corrected chi connectivity index (χ4v) is 5.11. The van der Waals surface area contributed by atoms with Crippen molar-refractivity contribution < 1.29 is 4.79 Å². The lowest BCUT2D eigenvalue weighted by Gasteiger charge is -2.28. The van der Waals surface area contributed by atoms with Crippen molar-refractivity contribution in [2.75, 3.05) is 11.9 Å². The van der Waals surface area contributed by atoms with E-state index < -0.39 is 0 Å². The summed E-state index contributed by atoms with van der Waals surface area (Å²) in [6.45, 7) is 5.14. The van der Waals surface area contributed by atoms with Gasteiger partial charge in [0, 0.05) is 42.9 Å². The molecule has 0 aliphatic carbocycles. The number of benzene rings is 1. The molecule has 4 aromatic rings. The monoisotopic (exact) mass is 510 g/mol. The van der Waals surface area contributed by atoms with E-state index in [4.69, 9.17) is 12.2 Å². The number of carbonyl (C=O) groups is 1. The number of pyridine rings is 2. The molecule has 1 aromatic carbocycles. The number of thiocarbonyl (C=S) groups is 1. The van der Waals surface area contributed by atoms with E-state index in [9.17, 15) is 4.79 Å². The van der Waals surface area contributed by atoms with Crippen LogP contribution in [0.1, 0.15) is 46.7 Å². The first-order valence-electron chi connectivity index (χ1n) is 12.4. The van der Waals surface area contributed by atoms with Gasteiger partial charge in [-0.05, 0) is 79.7 Å². The van der Waals surface area contributed by atoms with E-state index in [-0.39, 0.29) is 18.0 Å². The van der Waals surface area contributed by atoms with Crippen LogP contribution in [0.15, 0.2) is 85.3 Å². The average Bonchev–Trinajstić information content (AvgIpc) is 3.49. The summed E-state index contributed by atoms with van der Waals surface area (Å²) >= 11 is 5.79. The molecule has 1 fully saturated rings. The summed E-state index contributed by atoms with van der Waals surface area (Å²) < 4.78 is 2.20. The highest BCUT2D eigenvalue weighted by Crippen LogP contribution is 2.39. The van der Waals surface area contributed by atoms with Crippen LogP contribution >= 0.6 is 12.2 Å². The molecule has 1 amide bonds. The molecule has 2 atom stereocenters.